The van der Waals surface area contributed by atoms with Gasteiger partial charge in [-0.2, -0.15) is 0 Å². The first-order valence-corrected chi connectivity index (χ1v) is 7.87. The van der Waals surface area contributed by atoms with Gasteiger partial charge in [-0.25, -0.2) is 0 Å². The summed E-state index contributed by atoms with van der Waals surface area (Å²) in [7, 11) is 4.30. The summed E-state index contributed by atoms with van der Waals surface area (Å²) in [4.78, 5) is 16.6. The van der Waals surface area contributed by atoms with E-state index >= 15 is 0 Å². The van der Waals surface area contributed by atoms with Gasteiger partial charge in [-0.05, 0) is 45.9 Å². The van der Waals surface area contributed by atoms with E-state index in [-0.39, 0.29) is 17.9 Å². The van der Waals surface area contributed by atoms with Crippen LogP contribution < -0.4 is 11.1 Å². The van der Waals surface area contributed by atoms with E-state index in [4.69, 9.17) is 5.73 Å². The minimum atomic E-state index is -0.375. The van der Waals surface area contributed by atoms with Crippen LogP contribution >= 0.6 is 0 Å². The van der Waals surface area contributed by atoms with E-state index in [1.807, 2.05) is 6.92 Å². The summed E-state index contributed by atoms with van der Waals surface area (Å²) in [6.45, 7) is 7.96. The van der Waals surface area contributed by atoms with Gasteiger partial charge in [0, 0.05) is 19.1 Å². The molecule has 0 spiro atoms. The number of nitrogens with two attached hydrogens (primary N) is 1. The van der Waals surface area contributed by atoms with Crippen molar-refractivity contribution in [1.82, 2.24) is 15.1 Å². The number of amides is 1. The van der Waals surface area contributed by atoms with Crippen LogP contribution in [0.2, 0.25) is 0 Å². The monoisotopic (exact) mass is 284 g/mol. The third kappa shape index (κ3) is 5.38. The zero-order valence-corrected chi connectivity index (χ0v) is 13.6. The summed E-state index contributed by atoms with van der Waals surface area (Å²) in [5.74, 6) is 0.230. The lowest BCUT2D eigenvalue weighted by Crippen LogP contribution is -2.48. The van der Waals surface area contributed by atoms with Crippen LogP contribution in [0.25, 0.3) is 0 Å². The Morgan fingerprint density at radius 1 is 1.40 bits per heavy atom. The fourth-order valence-electron chi connectivity index (χ4n) is 2.63. The molecule has 5 heteroatoms. The molecule has 3 N–H and O–H groups in total. The Labute approximate surface area is 123 Å². The highest BCUT2D eigenvalue weighted by atomic mass is 16.2. The molecule has 1 heterocycles. The highest BCUT2D eigenvalue weighted by Gasteiger charge is 2.21. The van der Waals surface area contributed by atoms with Crippen molar-refractivity contribution in [2.75, 3.05) is 40.3 Å². The second-order valence-corrected chi connectivity index (χ2v) is 6.24. The lowest BCUT2D eigenvalue weighted by Gasteiger charge is -2.35. The van der Waals surface area contributed by atoms with E-state index in [9.17, 15) is 4.79 Å². The van der Waals surface area contributed by atoms with Crippen molar-refractivity contribution in [3.05, 3.63) is 0 Å². The molecule has 1 saturated heterocycles. The van der Waals surface area contributed by atoms with Gasteiger partial charge in [-0.1, -0.05) is 20.3 Å². The smallest absolute Gasteiger partial charge is 0.237 e. The lowest BCUT2D eigenvalue weighted by molar-refractivity contribution is -0.123. The van der Waals surface area contributed by atoms with Crippen LogP contribution in [0.3, 0.4) is 0 Å². The van der Waals surface area contributed by atoms with E-state index in [0.717, 1.165) is 26.1 Å². The third-order valence-corrected chi connectivity index (χ3v) is 4.57. The van der Waals surface area contributed by atoms with Crippen molar-refractivity contribution in [2.24, 2.45) is 11.7 Å². The van der Waals surface area contributed by atoms with Gasteiger partial charge in [0.05, 0.1) is 6.04 Å². The number of carbonyl (C=O) groups excluding carboxylic acids is 1. The first kappa shape index (κ1) is 17.4. The molecule has 5 nitrogen and oxygen atoms in total. The molecular formula is C15H32N4O. The molecule has 0 aromatic heterocycles. The van der Waals surface area contributed by atoms with Crippen molar-refractivity contribution >= 4 is 5.91 Å². The first-order chi connectivity index (χ1) is 9.45. The Hall–Kier alpha value is -0.650. The highest BCUT2D eigenvalue weighted by Crippen LogP contribution is 2.13. The topological polar surface area (TPSA) is 61.6 Å². The van der Waals surface area contributed by atoms with Crippen LogP contribution in [-0.4, -0.2) is 68.1 Å². The Balaban J connectivity index is 2.17. The van der Waals surface area contributed by atoms with Crippen LogP contribution in [-0.2, 0) is 4.79 Å². The fourth-order valence-corrected chi connectivity index (χ4v) is 2.63. The minimum absolute atomic E-state index is 0.0115. The quantitative estimate of drug-likeness (QED) is 0.715. The molecule has 0 saturated carbocycles. The molecule has 2 atom stereocenters. The number of carbonyl (C=O) groups is 1. The van der Waals surface area contributed by atoms with E-state index in [0.29, 0.717) is 12.6 Å². The number of hydrogen-bond acceptors (Lipinski definition) is 4. The molecule has 1 rings (SSSR count). The zero-order valence-electron chi connectivity index (χ0n) is 13.6. The maximum Gasteiger partial charge on any atom is 0.237 e. The van der Waals surface area contributed by atoms with Gasteiger partial charge in [0.1, 0.15) is 0 Å². The number of rotatable bonds is 7. The minimum Gasteiger partial charge on any atom is -0.353 e. The van der Waals surface area contributed by atoms with E-state index in [2.05, 4.69) is 36.1 Å². The van der Waals surface area contributed by atoms with E-state index < -0.39 is 0 Å². The van der Waals surface area contributed by atoms with Gasteiger partial charge >= 0.3 is 0 Å². The molecule has 0 aromatic carbocycles. The Morgan fingerprint density at radius 2 is 2.00 bits per heavy atom. The fraction of sp³-hybridized carbons (Fsp3) is 0.933. The predicted molar refractivity (Wildman–Crippen MR) is 83.6 cm³/mol. The van der Waals surface area contributed by atoms with E-state index in [1.165, 1.54) is 12.8 Å². The van der Waals surface area contributed by atoms with Gasteiger partial charge in [-0.15, -0.1) is 0 Å². The van der Waals surface area contributed by atoms with Crippen molar-refractivity contribution in [3.63, 3.8) is 0 Å². The number of nitrogens with zero attached hydrogens (tertiary/aromatic N) is 2. The van der Waals surface area contributed by atoms with Crippen molar-refractivity contribution in [3.8, 4) is 0 Å². The van der Waals surface area contributed by atoms with Gasteiger partial charge < -0.3 is 20.9 Å². The van der Waals surface area contributed by atoms with Crippen LogP contribution in [0, 0.1) is 5.92 Å². The van der Waals surface area contributed by atoms with E-state index in [1.54, 1.807) is 0 Å². The molecule has 1 fully saturated rings. The van der Waals surface area contributed by atoms with Gasteiger partial charge in [0.15, 0.2) is 0 Å². The van der Waals surface area contributed by atoms with Crippen LogP contribution in [0.4, 0.5) is 0 Å². The van der Waals surface area contributed by atoms with Crippen LogP contribution in [0.1, 0.15) is 33.1 Å². The molecule has 0 radical (unpaired) electrons. The standard InChI is InChI=1S/C15H32N4O/c1-5-12(2)14(16)15(20)17-8-11-19-9-6-13(7-10-19)18(3)4/h12-14H,5-11,16H2,1-4H3,(H,17,20). The average Bonchev–Trinajstić information content (AvgIpc) is 2.45. The number of nitrogens with one attached hydrogen (secondary N) is 1. The maximum atomic E-state index is 11.9. The second-order valence-electron chi connectivity index (χ2n) is 6.24. The summed E-state index contributed by atoms with van der Waals surface area (Å²) < 4.78 is 0. The Morgan fingerprint density at radius 3 is 2.50 bits per heavy atom. The zero-order chi connectivity index (χ0) is 15.1. The Bertz CT molecular complexity index is 288. The number of likely N-dealkylation sites (tertiary alicyclic amines) is 1. The molecule has 2 unspecified atom stereocenters. The predicted octanol–water partition coefficient (Wildman–Crippen LogP) is 0.502. The highest BCUT2D eigenvalue weighted by molar-refractivity contribution is 5.81. The normalized spacial score (nSPS) is 20.9. The second kappa shape index (κ2) is 8.60. The van der Waals surface area contributed by atoms with Crippen molar-refractivity contribution in [2.45, 2.75) is 45.2 Å². The molecule has 0 aliphatic carbocycles. The summed E-state index contributed by atoms with van der Waals surface area (Å²) in [5.41, 5.74) is 5.91. The third-order valence-electron chi connectivity index (χ3n) is 4.57. The average molecular weight is 284 g/mol. The molecule has 0 bridgehead atoms. The van der Waals surface area contributed by atoms with Crippen molar-refractivity contribution < 1.29 is 4.79 Å². The van der Waals surface area contributed by atoms with Crippen LogP contribution in [0.5, 0.6) is 0 Å². The molecule has 1 amide bonds. The molecule has 1 aliphatic rings. The van der Waals surface area contributed by atoms with Crippen molar-refractivity contribution in [1.29, 1.82) is 0 Å². The number of hydrogen-bond donors (Lipinski definition) is 2. The summed E-state index contributed by atoms with van der Waals surface area (Å²) in [6.07, 6.45) is 3.37. The molecule has 0 aromatic rings. The molecular weight excluding hydrogens is 252 g/mol. The summed E-state index contributed by atoms with van der Waals surface area (Å²) in [6, 6.07) is 0.333. The number of piperidine rings is 1. The summed E-state index contributed by atoms with van der Waals surface area (Å²) >= 11 is 0. The van der Waals surface area contributed by atoms with Gasteiger partial charge in [-0.3, -0.25) is 4.79 Å². The largest absolute Gasteiger partial charge is 0.353 e. The molecule has 1 aliphatic heterocycles. The first-order valence-electron chi connectivity index (χ1n) is 7.87. The van der Waals surface area contributed by atoms with Gasteiger partial charge in [0.25, 0.3) is 0 Å². The lowest BCUT2D eigenvalue weighted by atomic mass is 9.99. The van der Waals surface area contributed by atoms with Crippen LogP contribution in [0.15, 0.2) is 0 Å². The summed E-state index contributed by atoms with van der Waals surface area (Å²) in [5, 5.41) is 2.96. The molecule has 20 heavy (non-hydrogen) atoms. The Kier molecular flexibility index (Phi) is 7.48. The SMILES string of the molecule is CCC(C)C(N)C(=O)NCCN1CCC(N(C)C)CC1. The molecule has 118 valence electrons. The maximum absolute atomic E-state index is 11.9. The van der Waals surface area contributed by atoms with Gasteiger partial charge in [0.2, 0.25) is 5.91 Å².